The van der Waals surface area contributed by atoms with E-state index >= 15 is 0 Å². The fourth-order valence-electron chi connectivity index (χ4n) is 2.51. The Balaban J connectivity index is 1.59. The highest BCUT2D eigenvalue weighted by molar-refractivity contribution is 5.89. The number of amides is 2. The van der Waals surface area contributed by atoms with E-state index in [0.29, 0.717) is 30.4 Å². The van der Waals surface area contributed by atoms with Crippen LogP contribution in [0.2, 0.25) is 0 Å². The van der Waals surface area contributed by atoms with Crippen molar-refractivity contribution < 1.29 is 19.0 Å². The number of halogens is 1. The molecule has 0 saturated carbocycles. The minimum Gasteiger partial charge on any atom is -0.439 e. The van der Waals surface area contributed by atoms with Crippen LogP contribution in [0.25, 0.3) is 0 Å². The van der Waals surface area contributed by atoms with Gasteiger partial charge in [0.25, 0.3) is 0 Å². The number of aliphatic hydroxyl groups excluding tert-OH is 1. The molecule has 3 rings (SSSR count). The van der Waals surface area contributed by atoms with Crippen LogP contribution in [0, 0.1) is 5.82 Å². The number of aromatic nitrogens is 1. The van der Waals surface area contributed by atoms with Gasteiger partial charge in [0, 0.05) is 25.2 Å². The zero-order valence-electron chi connectivity index (χ0n) is 13.0. The molecule has 1 atom stereocenters. The van der Waals surface area contributed by atoms with Crippen LogP contribution < -0.4 is 10.1 Å². The van der Waals surface area contributed by atoms with Crippen LogP contribution in [-0.4, -0.2) is 40.2 Å². The van der Waals surface area contributed by atoms with E-state index in [1.54, 1.807) is 29.2 Å². The highest BCUT2D eigenvalue weighted by atomic mass is 19.1. The quantitative estimate of drug-likeness (QED) is 0.907. The molecule has 1 aromatic carbocycles. The van der Waals surface area contributed by atoms with Gasteiger partial charge in [-0.3, -0.25) is 0 Å². The van der Waals surface area contributed by atoms with E-state index in [0.717, 1.165) is 12.8 Å². The second kappa shape index (κ2) is 7.27. The van der Waals surface area contributed by atoms with Crippen LogP contribution in [0.1, 0.15) is 12.8 Å². The molecule has 2 aromatic rings. The molecular weight excluding hydrogens is 313 g/mol. The molecule has 6 nitrogen and oxygen atoms in total. The van der Waals surface area contributed by atoms with Crippen molar-refractivity contribution in [3.63, 3.8) is 0 Å². The Hall–Kier alpha value is -2.67. The zero-order chi connectivity index (χ0) is 16.9. The Kier molecular flexibility index (Phi) is 4.90. The maximum Gasteiger partial charge on any atom is 0.321 e. The molecule has 1 aromatic heterocycles. The number of hydrogen-bond donors (Lipinski definition) is 2. The number of nitrogens with zero attached hydrogens (tertiary/aromatic N) is 2. The van der Waals surface area contributed by atoms with E-state index in [9.17, 15) is 14.3 Å². The molecule has 0 spiro atoms. The molecule has 1 saturated heterocycles. The van der Waals surface area contributed by atoms with Gasteiger partial charge in [-0.2, -0.15) is 0 Å². The van der Waals surface area contributed by atoms with E-state index < -0.39 is 6.10 Å². The standard InChI is InChI=1S/C17H18FN3O3/c18-12-3-1-5-15(9-12)24-16-7-6-13(10-19-16)20-17(23)21-8-2-4-14(22)11-21/h1,3,5-7,9-10,14,22H,2,4,8,11H2,(H,20,23). The number of carbonyl (C=O) groups excluding carboxylic acids is 1. The molecule has 7 heteroatoms. The second-order valence-corrected chi connectivity index (χ2v) is 5.62. The number of rotatable bonds is 3. The number of likely N-dealkylation sites (tertiary alicyclic amines) is 1. The lowest BCUT2D eigenvalue weighted by molar-refractivity contribution is 0.0883. The number of hydrogen-bond acceptors (Lipinski definition) is 4. The van der Waals surface area contributed by atoms with Crippen molar-refractivity contribution >= 4 is 11.7 Å². The van der Waals surface area contributed by atoms with Gasteiger partial charge in [-0.05, 0) is 31.0 Å². The second-order valence-electron chi connectivity index (χ2n) is 5.62. The molecule has 0 aliphatic carbocycles. The maximum absolute atomic E-state index is 13.1. The van der Waals surface area contributed by atoms with Crippen molar-refractivity contribution in [3.05, 3.63) is 48.4 Å². The van der Waals surface area contributed by atoms with Gasteiger partial charge in [-0.25, -0.2) is 14.2 Å². The minimum atomic E-state index is -0.468. The summed E-state index contributed by atoms with van der Waals surface area (Å²) in [7, 11) is 0. The van der Waals surface area contributed by atoms with E-state index in [2.05, 4.69) is 10.3 Å². The Morgan fingerprint density at radius 2 is 2.25 bits per heavy atom. The maximum atomic E-state index is 13.1. The average Bonchev–Trinajstić information content (AvgIpc) is 2.57. The first-order chi connectivity index (χ1) is 11.6. The molecule has 1 aliphatic heterocycles. The first kappa shape index (κ1) is 16.2. The van der Waals surface area contributed by atoms with Crippen molar-refractivity contribution in [2.24, 2.45) is 0 Å². The summed E-state index contributed by atoms with van der Waals surface area (Å²) in [5.41, 5.74) is 0.520. The normalized spacial score (nSPS) is 17.4. The first-order valence-corrected chi connectivity index (χ1v) is 7.73. The largest absolute Gasteiger partial charge is 0.439 e. The lowest BCUT2D eigenvalue weighted by atomic mass is 10.1. The lowest BCUT2D eigenvalue weighted by Gasteiger charge is -2.30. The zero-order valence-corrected chi connectivity index (χ0v) is 13.0. The summed E-state index contributed by atoms with van der Waals surface area (Å²) in [6.45, 7) is 0.955. The van der Waals surface area contributed by atoms with Gasteiger partial charge in [0.1, 0.15) is 11.6 Å². The number of pyridine rings is 1. The van der Waals surface area contributed by atoms with Gasteiger partial charge in [-0.15, -0.1) is 0 Å². The molecule has 2 N–H and O–H groups in total. The third kappa shape index (κ3) is 4.20. The smallest absolute Gasteiger partial charge is 0.321 e. The fraction of sp³-hybridized carbons (Fsp3) is 0.294. The van der Waals surface area contributed by atoms with Crippen LogP contribution in [0.5, 0.6) is 11.6 Å². The van der Waals surface area contributed by atoms with Gasteiger partial charge >= 0.3 is 6.03 Å². The Bertz CT molecular complexity index is 708. The van der Waals surface area contributed by atoms with Crippen molar-refractivity contribution in [2.45, 2.75) is 18.9 Å². The monoisotopic (exact) mass is 331 g/mol. The number of nitrogens with one attached hydrogen (secondary N) is 1. The molecule has 1 aliphatic rings. The predicted octanol–water partition coefficient (Wildman–Crippen LogP) is 3.00. The van der Waals surface area contributed by atoms with Crippen LogP contribution >= 0.6 is 0 Å². The van der Waals surface area contributed by atoms with Crippen LogP contribution in [0.3, 0.4) is 0 Å². The molecule has 2 amide bonds. The Morgan fingerprint density at radius 3 is 2.96 bits per heavy atom. The number of aliphatic hydroxyl groups is 1. The summed E-state index contributed by atoms with van der Waals surface area (Å²) in [4.78, 5) is 17.8. The van der Waals surface area contributed by atoms with Crippen molar-refractivity contribution in [3.8, 4) is 11.6 Å². The molecule has 126 valence electrons. The van der Waals surface area contributed by atoms with E-state index in [1.807, 2.05) is 0 Å². The topological polar surface area (TPSA) is 74.7 Å². The molecular formula is C17H18FN3O3. The summed E-state index contributed by atoms with van der Waals surface area (Å²) in [5, 5.41) is 12.3. The molecule has 0 radical (unpaired) electrons. The molecule has 2 heterocycles. The molecule has 0 bridgehead atoms. The van der Waals surface area contributed by atoms with Gasteiger partial charge in [0.2, 0.25) is 5.88 Å². The number of ether oxygens (including phenoxy) is 1. The van der Waals surface area contributed by atoms with Crippen LogP contribution in [-0.2, 0) is 0 Å². The van der Waals surface area contributed by atoms with Gasteiger partial charge in [0.15, 0.2) is 0 Å². The minimum absolute atomic E-state index is 0.269. The molecule has 1 fully saturated rings. The van der Waals surface area contributed by atoms with Crippen LogP contribution in [0.15, 0.2) is 42.6 Å². The number of anilines is 1. The number of piperidine rings is 1. The highest BCUT2D eigenvalue weighted by Gasteiger charge is 2.22. The average molecular weight is 331 g/mol. The van der Waals surface area contributed by atoms with Crippen molar-refractivity contribution in [1.29, 1.82) is 0 Å². The van der Waals surface area contributed by atoms with E-state index in [-0.39, 0.29) is 11.8 Å². The fourth-order valence-corrected chi connectivity index (χ4v) is 2.51. The number of β-amino-alcohol motifs (C(OH)–C–C–N with tert-alkyl or cyclic N) is 1. The van der Waals surface area contributed by atoms with Crippen LogP contribution in [0.4, 0.5) is 14.9 Å². The van der Waals surface area contributed by atoms with Crippen molar-refractivity contribution in [1.82, 2.24) is 9.88 Å². The van der Waals surface area contributed by atoms with Crippen molar-refractivity contribution in [2.75, 3.05) is 18.4 Å². The third-order valence-electron chi connectivity index (χ3n) is 3.69. The SMILES string of the molecule is O=C(Nc1ccc(Oc2cccc(F)c2)nc1)N1CCCC(O)C1. The Labute approximate surface area is 138 Å². The summed E-state index contributed by atoms with van der Waals surface area (Å²) >= 11 is 0. The number of benzene rings is 1. The summed E-state index contributed by atoms with van der Waals surface area (Å²) in [5.74, 6) is 0.258. The Morgan fingerprint density at radius 1 is 1.38 bits per heavy atom. The lowest BCUT2D eigenvalue weighted by Crippen LogP contribution is -2.44. The van der Waals surface area contributed by atoms with E-state index in [1.165, 1.54) is 18.3 Å². The number of carbonyl (C=O) groups is 1. The predicted molar refractivity (Wildman–Crippen MR) is 86.5 cm³/mol. The number of urea groups is 1. The third-order valence-corrected chi connectivity index (χ3v) is 3.69. The summed E-state index contributed by atoms with van der Waals surface area (Å²) in [6.07, 6.45) is 2.50. The van der Waals surface area contributed by atoms with Gasteiger partial charge in [-0.1, -0.05) is 6.07 Å². The molecule has 24 heavy (non-hydrogen) atoms. The summed E-state index contributed by atoms with van der Waals surface area (Å²) < 4.78 is 18.6. The summed E-state index contributed by atoms with van der Waals surface area (Å²) in [6, 6.07) is 8.74. The first-order valence-electron chi connectivity index (χ1n) is 7.73. The van der Waals surface area contributed by atoms with Gasteiger partial charge in [0.05, 0.1) is 18.0 Å². The van der Waals surface area contributed by atoms with E-state index in [4.69, 9.17) is 4.74 Å². The van der Waals surface area contributed by atoms with Gasteiger partial charge < -0.3 is 20.1 Å². The molecule has 1 unspecified atom stereocenters. The highest BCUT2D eigenvalue weighted by Crippen LogP contribution is 2.21.